The molecule has 1 amide bonds. The van der Waals surface area contributed by atoms with Crippen molar-refractivity contribution < 1.29 is 4.79 Å². The van der Waals surface area contributed by atoms with Crippen molar-refractivity contribution in [2.24, 2.45) is 12.5 Å². The van der Waals surface area contributed by atoms with E-state index in [0.717, 1.165) is 56.3 Å². The third kappa shape index (κ3) is 2.81. The first-order chi connectivity index (χ1) is 10.0. The number of hydrogen-bond acceptors (Lipinski definition) is 3. The maximum atomic E-state index is 11.5. The minimum absolute atomic E-state index is 0.208. The highest BCUT2D eigenvalue weighted by Crippen LogP contribution is 2.38. The maximum Gasteiger partial charge on any atom is 0.220 e. The smallest absolute Gasteiger partial charge is 0.220 e. The Morgan fingerprint density at radius 1 is 1.38 bits per heavy atom. The Balaban J connectivity index is 1.65. The van der Waals surface area contributed by atoms with Gasteiger partial charge in [0.15, 0.2) is 0 Å². The molecule has 2 fully saturated rings. The summed E-state index contributed by atoms with van der Waals surface area (Å²) in [7, 11) is 1.89. The van der Waals surface area contributed by atoms with E-state index in [1.165, 1.54) is 5.56 Å². The predicted octanol–water partition coefficient (Wildman–Crippen LogP) is 1.74. The summed E-state index contributed by atoms with van der Waals surface area (Å²) >= 11 is 6.37. The summed E-state index contributed by atoms with van der Waals surface area (Å²) in [6.45, 7) is 5.90. The minimum Gasteiger partial charge on any atom is -0.356 e. The van der Waals surface area contributed by atoms with Gasteiger partial charge in [0, 0.05) is 32.1 Å². The third-order valence-corrected chi connectivity index (χ3v) is 5.45. The lowest BCUT2D eigenvalue weighted by Crippen LogP contribution is -2.40. The largest absolute Gasteiger partial charge is 0.356 e. The van der Waals surface area contributed by atoms with E-state index in [0.29, 0.717) is 6.42 Å². The number of aromatic nitrogens is 2. The fourth-order valence-electron chi connectivity index (χ4n) is 3.55. The molecule has 3 rings (SSSR count). The second-order valence-electron chi connectivity index (χ2n) is 6.42. The van der Waals surface area contributed by atoms with Crippen LogP contribution < -0.4 is 5.32 Å². The van der Waals surface area contributed by atoms with Crippen LogP contribution in [0.3, 0.4) is 0 Å². The summed E-state index contributed by atoms with van der Waals surface area (Å²) in [5, 5.41) is 8.22. The Hall–Kier alpha value is -1.07. The molecule has 0 bridgehead atoms. The lowest BCUT2D eigenvalue weighted by atomic mass is 9.77. The van der Waals surface area contributed by atoms with Crippen molar-refractivity contribution in [2.75, 3.05) is 19.6 Å². The van der Waals surface area contributed by atoms with E-state index in [1.54, 1.807) is 4.68 Å². The van der Waals surface area contributed by atoms with Gasteiger partial charge in [-0.1, -0.05) is 18.5 Å². The number of amides is 1. The Labute approximate surface area is 130 Å². The van der Waals surface area contributed by atoms with Crippen LogP contribution in [0.4, 0.5) is 0 Å². The molecule has 21 heavy (non-hydrogen) atoms. The van der Waals surface area contributed by atoms with Gasteiger partial charge in [0.2, 0.25) is 5.91 Å². The van der Waals surface area contributed by atoms with Crippen LogP contribution in [0.25, 0.3) is 0 Å². The number of carbonyl (C=O) groups is 1. The molecule has 0 saturated carbocycles. The lowest BCUT2D eigenvalue weighted by molar-refractivity contribution is -0.119. The van der Waals surface area contributed by atoms with E-state index in [1.807, 2.05) is 7.05 Å². The van der Waals surface area contributed by atoms with Gasteiger partial charge >= 0.3 is 0 Å². The van der Waals surface area contributed by atoms with Crippen molar-refractivity contribution in [1.29, 1.82) is 0 Å². The first kappa shape index (κ1) is 14.9. The van der Waals surface area contributed by atoms with Gasteiger partial charge in [-0.3, -0.25) is 14.4 Å². The van der Waals surface area contributed by atoms with Gasteiger partial charge in [0.25, 0.3) is 0 Å². The summed E-state index contributed by atoms with van der Waals surface area (Å²) in [6.07, 6.45) is 3.79. The highest BCUT2D eigenvalue weighted by atomic mass is 35.5. The molecule has 5 nitrogen and oxygen atoms in total. The van der Waals surface area contributed by atoms with Crippen LogP contribution in [0.15, 0.2) is 0 Å². The number of halogens is 1. The first-order valence-electron chi connectivity index (χ1n) is 7.72. The van der Waals surface area contributed by atoms with Crippen molar-refractivity contribution in [3.63, 3.8) is 0 Å². The van der Waals surface area contributed by atoms with E-state index in [-0.39, 0.29) is 11.3 Å². The van der Waals surface area contributed by atoms with Gasteiger partial charge in [0.05, 0.1) is 5.69 Å². The molecule has 6 heteroatoms. The Morgan fingerprint density at radius 3 is 2.67 bits per heavy atom. The number of nitrogens with one attached hydrogen (secondary N) is 1. The second-order valence-corrected chi connectivity index (χ2v) is 6.78. The highest BCUT2D eigenvalue weighted by molar-refractivity contribution is 6.30. The molecular formula is C15H23ClN4O. The average Bonchev–Trinajstić information content (AvgIpc) is 2.96. The van der Waals surface area contributed by atoms with Gasteiger partial charge < -0.3 is 5.32 Å². The Kier molecular flexibility index (Phi) is 3.97. The number of rotatable bonds is 3. The number of carbonyl (C=O) groups excluding carboxylic acids is 1. The Morgan fingerprint density at radius 2 is 2.10 bits per heavy atom. The summed E-state index contributed by atoms with van der Waals surface area (Å²) in [5.74, 6) is 0.215. The normalized spacial score (nSPS) is 22.0. The predicted molar refractivity (Wildman–Crippen MR) is 82.2 cm³/mol. The van der Waals surface area contributed by atoms with Gasteiger partial charge in [-0.25, -0.2) is 0 Å². The zero-order chi connectivity index (χ0) is 15.0. The monoisotopic (exact) mass is 310 g/mol. The number of aryl methyl sites for hydroxylation is 2. The summed E-state index contributed by atoms with van der Waals surface area (Å²) in [4.78, 5) is 13.9. The molecular weight excluding hydrogens is 288 g/mol. The molecule has 1 spiro atoms. The molecule has 1 N–H and O–H groups in total. The molecule has 116 valence electrons. The van der Waals surface area contributed by atoms with Crippen molar-refractivity contribution in [3.05, 3.63) is 16.4 Å². The van der Waals surface area contributed by atoms with Crippen LogP contribution in [-0.4, -0.2) is 40.2 Å². The average molecular weight is 311 g/mol. The molecule has 0 atom stereocenters. The van der Waals surface area contributed by atoms with E-state index in [4.69, 9.17) is 11.6 Å². The van der Waals surface area contributed by atoms with Gasteiger partial charge in [-0.2, -0.15) is 5.10 Å². The number of piperidine rings is 1. The van der Waals surface area contributed by atoms with Crippen molar-refractivity contribution in [3.8, 4) is 0 Å². The highest BCUT2D eigenvalue weighted by Gasteiger charge is 2.40. The number of hydrogen-bond donors (Lipinski definition) is 1. The topological polar surface area (TPSA) is 50.2 Å². The van der Waals surface area contributed by atoms with Crippen LogP contribution in [0, 0.1) is 5.41 Å². The molecule has 0 unspecified atom stereocenters. The maximum absolute atomic E-state index is 11.5. The van der Waals surface area contributed by atoms with Crippen LogP contribution >= 0.6 is 11.6 Å². The van der Waals surface area contributed by atoms with Crippen molar-refractivity contribution in [1.82, 2.24) is 20.0 Å². The molecule has 1 aromatic heterocycles. The third-order valence-electron chi connectivity index (χ3n) is 4.98. The summed E-state index contributed by atoms with van der Waals surface area (Å²) in [5.41, 5.74) is 2.47. The molecule has 3 heterocycles. The molecule has 0 aliphatic carbocycles. The molecule has 2 aliphatic heterocycles. The van der Waals surface area contributed by atoms with Crippen molar-refractivity contribution >= 4 is 17.5 Å². The van der Waals surface area contributed by atoms with E-state index >= 15 is 0 Å². The standard InChI is InChI=1S/C15H23ClN4O/c1-3-12-11(14(16)19(2)18-12)9-20-6-4-15(5-7-20)8-13(21)17-10-15/h3-10H2,1-2H3,(H,17,21). The zero-order valence-electron chi connectivity index (χ0n) is 12.8. The number of likely N-dealkylation sites (tertiary alicyclic amines) is 1. The van der Waals surface area contributed by atoms with Gasteiger partial charge in [-0.15, -0.1) is 0 Å². The van der Waals surface area contributed by atoms with E-state index in [2.05, 4.69) is 22.2 Å². The zero-order valence-corrected chi connectivity index (χ0v) is 13.5. The van der Waals surface area contributed by atoms with E-state index in [9.17, 15) is 4.79 Å². The van der Waals surface area contributed by atoms with Crippen molar-refractivity contribution in [2.45, 2.75) is 39.2 Å². The van der Waals surface area contributed by atoms with Gasteiger partial charge in [0.1, 0.15) is 5.15 Å². The minimum atomic E-state index is 0.208. The fourth-order valence-corrected chi connectivity index (χ4v) is 3.76. The first-order valence-corrected chi connectivity index (χ1v) is 8.10. The number of nitrogens with zero attached hydrogens (tertiary/aromatic N) is 3. The summed E-state index contributed by atoms with van der Waals surface area (Å²) < 4.78 is 1.76. The van der Waals surface area contributed by atoms with E-state index < -0.39 is 0 Å². The summed E-state index contributed by atoms with van der Waals surface area (Å²) in [6, 6.07) is 0. The van der Waals surface area contributed by atoms with Crippen LogP contribution in [0.1, 0.15) is 37.4 Å². The molecule has 2 saturated heterocycles. The fraction of sp³-hybridized carbons (Fsp3) is 0.733. The molecule has 2 aliphatic rings. The second kappa shape index (κ2) is 5.61. The Bertz CT molecular complexity index is 546. The molecule has 0 aromatic carbocycles. The molecule has 1 aromatic rings. The lowest BCUT2D eigenvalue weighted by Gasteiger charge is -2.38. The molecule has 0 radical (unpaired) electrons. The van der Waals surface area contributed by atoms with Crippen LogP contribution in [-0.2, 0) is 24.8 Å². The van der Waals surface area contributed by atoms with Crippen LogP contribution in [0.5, 0.6) is 0 Å². The SMILES string of the molecule is CCc1nn(C)c(Cl)c1CN1CCC2(CC1)CNC(=O)C2. The quantitative estimate of drug-likeness (QED) is 0.925. The van der Waals surface area contributed by atoms with Crippen LogP contribution in [0.2, 0.25) is 5.15 Å². The van der Waals surface area contributed by atoms with Gasteiger partial charge in [-0.05, 0) is 37.8 Å².